The first-order chi connectivity index (χ1) is 15.6. The maximum absolute atomic E-state index is 2.37. The van der Waals surface area contributed by atoms with Gasteiger partial charge in [0.2, 0.25) is 0 Å². The fourth-order valence-electron chi connectivity index (χ4n) is 5.37. The quantitative estimate of drug-likeness (QED) is 0.267. The van der Waals surface area contributed by atoms with E-state index in [4.69, 9.17) is 0 Å². The van der Waals surface area contributed by atoms with Gasteiger partial charge in [0.1, 0.15) is 0 Å². The van der Waals surface area contributed by atoms with Gasteiger partial charge < -0.3 is 0 Å². The summed E-state index contributed by atoms with van der Waals surface area (Å²) in [5.41, 5.74) is 9.79. The summed E-state index contributed by atoms with van der Waals surface area (Å²) >= 11 is 1.98. The largest absolute Gasteiger partial charge is 0.134 e. The van der Waals surface area contributed by atoms with Gasteiger partial charge in [0.05, 0.1) is 0 Å². The molecule has 0 fully saturated rings. The molecule has 1 aromatic heterocycles. The van der Waals surface area contributed by atoms with Crippen molar-refractivity contribution in [3.63, 3.8) is 0 Å². The summed E-state index contributed by atoms with van der Waals surface area (Å²) in [6.45, 7) is 7.00. The van der Waals surface area contributed by atoms with Crippen molar-refractivity contribution in [3.05, 3.63) is 108 Å². The molecule has 0 N–H and O–H groups in total. The highest BCUT2D eigenvalue weighted by Crippen LogP contribution is 2.55. The second kappa shape index (κ2) is 7.46. The van der Waals surface area contributed by atoms with E-state index in [1.807, 2.05) is 11.3 Å². The van der Waals surface area contributed by atoms with Gasteiger partial charge in [-0.25, -0.2) is 0 Å². The Morgan fingerprint density at radius 2 is 1.34 bits per heavy atom. The van der Waals surface area contributed by atoms with Crippen LogP contribution in [0.1, 0.15) is 49.3 Å². The first-order valence-electron chi connectivity index (χ1n) is 11.5. The summed E-state index contributed by atoms with van der Waals surface area (Å²) in [5.74, 6) is 0.909. The van der Waals surface area contributed by atoms with Crippen molar-refractivity contribution in [2.75, 3.05) is 0 Å². The zero-order chi connectivity index (χ0) is 21.8. The average Bonchev–Trinajstić information content (AvgIpc) is 3.23. The van der Waals surface area contributed by atoms with Crippen LogP contribution in [0.5, 0.6) is 0 Å². The van der Waals surface area contributed by atoms with E-state index in [0.29, 0.717) is 11.8 Å². The summed E-state index contributed by atoms with van der Waals surface area (Å²) in [6.07, 6.45) is 0. The van der Waals surface area contributed by atoms with Crippen LogP contribution in [0.25, 0.3) is 42.8 Å². The van der Waals surface area contributed by atoms with Gasteiger partial charge >= 0.3 is 0 Å². The molecule has 0 bridgehead atoms. The van der Waals surface area contributed by atoms with Crippen LogP contribution < -0.4 is 0 Å². The Kier molecular flexibility index (Phi) is 4.55. The summed E-state index contributed by atoms with van der Waals surface area (Å²) in [6, 6.07) is 33.5. The Morgan fingerprint density at radius 3 is 2.12 bits per heavy atom. The van der Waals surface area contributed by atoms with E-state index in [2.05, 4.69) is 112 Å². The molecule has 0 saturated carbocycles. The van der Waals surface area contributed by atoms with Crippen LogP contribution in [-0.2, 0) is 0 Å². The van der Waals surface area contributed by atoms with Crippen LogP contribution >= 0.6 is 11.3 Å². The lowest BCUT2D eigenvalue weighted by Gasteiger charge is -2.26. The lowest BCUT2D eigenvalue weighted by Crippen LogP contribution is -2.07. The topological polar surface area (TPSA) is 0 Å². The van der Waals surface area contributed by atoms with E-state index in [0.717, 1.165) is 0 Å². The predicted molar refractivity (Wildman–Crippen MR) is 140 cm³/mol. The van der Waals surface area contributed by atoms with Gasteiger partial charge in [-0.3, -0.25) is 0 Å². The predicted octanol–water partition coefficient (Wildman–Crippen LogP) is 9.49. The van der Waals surface area contributed by atoms with Gasteiger partial charge in [0.15, 0.2) is 0 Å². The van der Waals surface area contributed by atoms with Crippen molar-refractivity contribution in [1.29, 1.82) is 0 Å². The molecule has 0 spiro atoms. The smallest absolute Gasteiger partial charge is 0.0436 e. The number of thiophene rings is 1. The average molecular weight is 431 g/mol. The molecule has 32 heavy (non-hydrogen) atoms. The molecule has 0 aliphatic heterocycles. The summed E-state index contributed by atoms with van der Waals surface area (Å²) in [4.78, 5) is 2.83. The molecule has 1 aliphatic carbocycles. The third-order valence-electron chi connectivity index (χ3n) is 6.94. The van der Waals surface area contributed by atoms with Gasteiger partial charge in [-0.15, -0.1) is 11.3 Å². The zero-order valence-electron chi connectivity index (χ0n) is 18.7. The third kappa shape index (κ3) is 2.81. The molecule has 4 aromatic carbocycles. The number of rotatable bonds is 3. The van der Waals surface area contributed by atoms with Crippen molar-refractivity contribution < 1.29 is 0 Å². The molecule has 156 valence electrons. The van der Waals surface area contributed by atoms with Gasteiger partial charge in [-0.1, -0.05) is 112 Å². The summed E-state index contributed by atoms with van der Waals surface area (Å²) in [7, 11) is 0. The Balaban J connectivity index is 1.70. The maximum atomic E-state index is 2.37. The number of hydrogen-bond acceptors (Lipinski definition) is 1. The van der Waals surface area contributed by atoms with Crippen LogP contribution in [0, 0.1) is 0 Å². The second-order valence-electron chi connectivity index (χ2n) is 9.13. The van der Waals surface area contributed by atoms with Crippen molar-refractivity contribution in [3.8, 4) is 32.0 Å². The molecule has 0 saturated heterocycles. The van der Waals surface area contributed by atoms with E-state index in [1.54, 1.807) is 0 Å². The summed E-state index contributed by atoms with van der Waals surface area (Å²) < 4.78 is 0. The molecule has 1 heteroatoms. The van der Waals surface area contributed by atoms with Crippen LogP contribution in [0.15, 0.2) is 91.0 Å². The Morgan fingerprint density at radius 1 is 0.656 bits per heavy atom. The molecular formula is C31H26S. The Bertz CT molecular complexity index is 1450. The molecule has 1 aliphatic rings. The zero-order valence-corrected chi connectivity index (χ0v) is 19.5. The van der Waals surface area contributed by atoms with Crippen molar-refractivity contribution >= 4 is 22.1 Å². The maximum Gasteiger partial charge on any atom is 0.0436 e. The van der Waals surface area contributed by atoms with E-state index >= 15 is 0 Å². The normalized spacial score (nSPS) is 14.7. The Labute approximate surface area is 194 Å². The highest BCUT2D eigenvalue weighted by molar-refractivity contribution is 7.21. The number of benzene rings is 4. The monoisotopic (exact) mass is 430 g/mol. The van der Waals surface area contributed by atoms with Gasteiger partial charge in [0, 0.05) is 32.0 Å². The first-order valence-corrected chi connectivity index (χ1v) is 12.3. The fourth-order valence-corrected chi connectivity index (χ4v) is 6.81. The molecule has 0 radical (unpaired) electrons. The standard InChI is InChI=1S/C31H26S/c1-19(2)22-15-9-16-23-20(3)24-17-10-18-27-29(24)31(28(22)23)32-30(27)26-14-8-7-13-25(26)21-11-5-4-6-12-21/h4-20H,1-3H3. The van der Waals surface area contributed by atoms with Crippen LogP contribution in [0.3, 0.4) is 0 Å². The lowest BCUT2D eigenvalue weighted by molar-refractivity contribution is 0.854. The first kappa shape index (κ1) is 19.5. The highest BCUT2D eigenvalue weighted by Gasteiger charge is 2.30. The fraction of sp³-hybridized carbons (Fsp3) is 0.161. The molecule has 0 nitrogen and oxygen atoms in total. The number of fused-ring (bicyclic) bond motifs is 2. The second-order valence-corrected chi connectivity index (χ2v) is 10.2. The minimum Gasteiger partial charge on any atom is -0.134 e. The van der Waals surface area contributed by atoms with Crippen LogP contribution in [0.2, 0.25) is 0 Å². The van der Waals surface area contributed by atoms with Crippen molar-refractivity contribution in [2.24, 2.45) is 0 Å². The molecule has 5 aromatic rings. The molecule has 1 atom stereocenters. The van der Waals surface area contributed by atoms with Crippen molar-refractivity contribution in [1.82, 2.24) is 0 Å². The third-order valence-corrected chi connectivity index (χ3v) is 8.20. The van der Waals surface area contributed by atoms with Gasteiger partial charge in [0.25, 0.3) is 0 Å². The SMILES string of the molecule is CC(C)c1cccc2c1-c1sc(-c3ccccc3-c3ccccc3)c3cccc(c13)C2C. The van der Waals surface area contributed by atoms with Gasteiger partial charge in [-0.2, -0.15) is 0 Å². The molecule has 6 rings (SSSR count). The van der Waals surface area contributed by atoms with Gasteiger partial charge in [-0.05, 0) is 39.3 Å². The molecule has 0 amide bonds. The van der Waals surface area contributed by atoms with E-state index in [-0.39, 0.29) is 0 Å². The molecule has 1 heterocycles. The molecular weight excluding hydrogens is 404 g/mol. The molecule has 1 unspecified atom stereocenters. The highest BCUT2D eigenvalue weighted by atomic mass is 32.1. The van der Waals surface area contributed by atoms with Crippen molar-refractivity contribution in [2.45, 2.75) is 32.6 Å². The van der Waals surface area contributed by atoms with E-state index in [9.17, 15) is 0 Å². The van der Waals surface area contributed by atoms with E-state index < -0.39 is 0 Å². The lowest BCUT2D eigenvalue weighted by atomic mass is 9.78. The Hall–Kier alpha value is -3.16. The minimum atomic E-state index is 0.409. The minimum absolute atomic E-state index is 0.409. The summed E-state index contributed by atoms with van der Waals surface area (Å²) in [5, 5.41) is 2.85. The number of hydrogen-bond donors (Lipinski definition) is 0. The van der Waals surface area contributed by atoms with E-state index in [1.165, 1.54) is 59.5 Å². The van der Waals surface area contributed by atoms with Crippen LogP contribution in [-0.4, -0.2) is 0 Å². The van der Waals surface area contributed by atoms with Crippen LogP contribution in [0.4, 0.5) is 0 Å².